The lowest BCUT2D eigenvalue weighted by molar-refractivity contribution is -0.143. The second kappa shape index (κ2) is 7.19. The van der Waals surface area contributed by atoms with Gasteiger partial charge < -0.3 is 14.4 Å². The summed E-state index contributed by atoms with van der Waals surface area (Å²) < 4.78 is 61.7. The molecule has 0 atom stereocenters. The zero-order chi connectivity index (χ0) is 18.7. The number of ether oxygens (including phenoxy) is 2. The molecule has 0 saturated carbocycles. The maximum atomic E-state index is 13.4. The van der Waals surface area contributed by atoms with Crippen molar-refractivity contribution in [3.8, 4) is 11.6 Å². The Morgan fingerprint density at radius 1 is 1.15 bits per heavy atom. The molecule has 26 heavy (non-hydrogen) atoms. The Morgan fingerprint density at radius 3 is 2.58 bits per heavy atom. The Kier molecular flexibility index (Phi) is 4.97. The molecule has 2 aromatic rings. The molecule has 9 heteroatoms. The van der Waals surface area contributed by atoms with Crippen molar-refractivity contribution in [2.45, 2.75) is 12.3 Å². The average molecular weight is 370 g/mol. The number of amides is 1. The van der Waals surface area contributed by atoms with E-state index in [1.54, 1.807) is 6.07 Å². The number of carbonyl (C=O) groups excluding carboxylic acids is 1. The molecule has 0 aliphatic carbocycles. The third-order valence-electron chi connectivity index (χ3n) is 3.69. The number of aromatic nitrogens is 1. The highest BCUT2D eigenvalue weighted by Crippen LogP contribution is 2.29. The van der Waals surface area contributed by atoms with E-state index in [0.29, 0.717) is 0 Å². The number of rotatable bonds is 5. The van der Waals surface area contributed by atoms with Crippen LogP contribution in [0.5, 0.6) is 11.6 Å². The quantitative estimate of drug-likeness (QED) is 0.760. The number of pyridine rings is 1. The van der Waals surface area contributed by atoms with Crippen molar-refractivity contribution in [3.05, 3.63) is 54.0 Å². The minimum Gasteiger partial charge on any atom is -0.481 e. The summed E-state index contributed by atoms with van der Waals surface area (Å²) >= 11 is 0. The lowest BCUT2D eigenvalue weighted by atomic mass is 10.1. The number of nitrogens with zero attached hydrogens (tertiary/aromatic N) is 2. The van der Waals surface area contributed by atoms with Crippen molar-refractivity contribution in [1.82, 2.24) is 9.88 Å². The van der Waals surface area contributed by atoms with Crippen molar-refractivity contribution >= 4 is 5.91 Å². The molecule has 1 aliphatic heterocycles. The first-order chi connectivity index (χ1) is 12.3. The van der Waals surface area contributed by atoms with Crippen molar-refractivity contribution in [3.63, 3.8) is 0 Å². The fourth-order valence-corrected chi connectivity index (χ4v) is 2.32. The monoisotopic (exact) mass is 370 g/mol. The van der Waals surface area contributed by atoms with Crippen LogP contribution in [0.2, 0.25) is 0 Å². The number of likely N-dealkylation sites (tertiary alicyclic amines) is 1. The summed E-state index contributed by atoms with van der Waals surface area (Å²) in [5.41, 5.74) is -1.04. The fraction of sp³-hybridized carbons (Fsp3) is 0.294. The van der Waals surface area contributed by atoms with Gasteiger partial charge in [-0.1, -0.05) is 18.2 Å². The zero-order valence-electron chi connectivity index (χ0n) is 13.4. The van der Waals surface area contributed by atoms with Crippen LogP contribution in [0.15, 0.2) is 42.5 Å². The predicted molar refractivity (Wildman–Crippen MR) is 82.1 cm³/mol. The van der Waals surface area contributed by atoms with Gasteiger partial charge in [0.1, 0.15) is 11.8 Å². The minimum absolute atomic E-state index is 0.0256. The Labute approximate surface area is 146 Å². The second-order valence-corrected chi connectivity index (χ2v) is 5.62. The third kappa shape index (κ3) is 4.22. The summed E-state index contributed by atoms with van der Waals surface area (Å²) in [6.07, 6.45) is -5.01. The van der Waals surface area contributed by atoms with E-state index in [1.807, 2.05) is 0 Å². The van der Waals surface area contributed by atoms with Crippen LogP contribution in [0.4, 0.5) is 17.6 Å². The molecule has 1 aliphatic rings. The molecule has 0 N–H and O–H groups in total. The molecule has 138 valence electrons. The second-order valence-electron chi connectivity index (χ2n) is 5.62. The van der Waals surface area contributed by atoms with Gasteiger partial charge in [-0.25, -0.2) is 9.37 Å². The van der Waals surface area contributed by atoms with Gasteiger partial charge in [0.15, 0.2) is 18.2 Å². The standard InChI is InChI=1S/C17H14F4N2O3/c18-12-4-1-2-5-13(12)25-10-16(24)23-8-11(9-23)26-15-7-3-6-14(22-15)17(19,20)21/h1-7,11H,8-10H2. The molecule has 0 radical (unpaired) electrons. The third-order valence-corrected chi connectivity index (χ3v) is 3.69. The molecule has 1 aromatic carbocycles. The first-order valence-electron chi connectivity index (χ1n) is 7.69. The van der Waals surface area contributed by atoms with Gasteiger partial charge in [-0.2, -0.15) is 13.2 Å². The minimum atomic E-state index is -4.55. The van der Waals surface area contributed by atoms with Gasteiger partial charge in [0, 0.05) is 6.07 Å². The molecule has 5 nitrogen and oxygen atoms in total. The molecule has 0 spiro atoms. The van der Waals surface area contributed by atoms with Crippen LogP contribution in [0.3, 0.4) is 0 Å². The van der Waals surface area contributed by atoms with Crippen LogP contribution < -0.4 is 9.47 Å². The highest BCUT2D eigenvalue weighted by Gasteiger charge is 2.35. The van der Waals surface area contributed by atoms with Crippen molar-refractivity contribution in [1.29, 1.82) is 0 Å². The summed E-state index contributed by atoms with van der Waals surface area (Å²) in [5.74, 6) is -1.12. The Balaban J connectivity index is 1.47. The normalized spacial score (nSPS) is 14.7. The van der Waals surface area contributed by atoms with Gasteiger partial charge in [0.25, 0.3) is 5.91 Å². The highest BCUT2D eigenvalue weighted by molar-refractivity contribution is 5.78. The Bertz CT molecular complexity index is 792. The van der Waals surface area contributed by atoms with Gasteiger partial charge >= 0.3 is 6.18 Å². The number of alkyl halides is 3. The molecular weight excluding hydrogens is 356 g/mol. The Hall–Kier alpha value is -2.84. The van der Waals surface area contributed by atoms with E-state index in [-0.39, 0.29) is 37.2 Å². The smallest absolute Gasteiger partial charge is 0.433 e. The SMILES string of the molecule is O=C(COc1ccccc1F)N1CC(Oc2cccc(C(F)(F)F)n2)C1. The van der Waals surface area contributed by atoms with Gasteiger partial charge in [0.05, 0.1) is 13.1 Å². The van der Waals surface area contributed by atoms with E-state index in [1.165, 1.54) is 35.2 Å². The van der Waals surface area contributed by atoms with Crippen LogP contribution >= 0.6 is 0 Å². The molecule has 0 unspecified atom stereocenters. The number of hydrogen-bond acceptors (Lipinski definition) is 4. The molecule has 3 rings (SSSR count). The summed E-state index contributed by atoms with van der Waals surface area (Å²) in [6.45, 7) is 0.0459. The van der Waals surface area contributed by atoms with Crippen molar-refractivity contribution in [2.24, 2.45) is 0 Å². The molecule has 2 heterocycles. The van der Waals surface area contributed by atoms with Crippen LogP contribution in [0.1, 0.15) is 5.69 Å². The molecule has 0 bridgehead atoms. The van der Waals surface area contributed by atoms with E-state index in [2.05, 4.69) is 4.98 Å². The summed E-state index contributed by atoms with van der Waals surface area (Å²) in [5, 5.41) is 0. The van der Waals surface area contributed by atoms with Crippen LogP contribution in [-0.4, -0.2) is 41.6 Å². The Morgan fingerprint density at radius 2 is 1.88 bits per heavy atom. The molecule has 1 amide bonds. The van der Waals surface area contributed by atoms with E-state index in [4.69, 9.17) is 9.47 Å². The van der Waals surface area contributed by atoms with Gasteiger partial charge in [0.2, 0.25) is 5.88 Å². The summed E-state index contributed by atoms with van der Waals surface area (Å²) in [6, 6.07) is 9.08. The lowest BCUT2D eigenvalue weighted by Crippen LogP contribution is -2.57. The van der Waals surface area contributed by atoms with E-state index in [0.717, 1.165) is 6.07 Å². The number of hydrogen-bond donors (Lipinski definition) is 0. The predicted octanol–water partition coefficient (Wildman–Crippen LogP) is 2.91. The van der Waals surface area contributed by atoms with E-state index >= 15 is 0 Å². The maximum Gasteiger partial charge on any atom is 0.433 e. The van der Waals surface area contributed by atoms with E-state index < -0.39 is 23.8 Å². The first-order valence-corrected chi connectivity index (χ1v) is 7.69. The van der Waals surface area contributed by atoms with Gasteiger partial charge in [-0.3, -0.25) is 4.79 Å². The molecule has 1 fully saturated rings. The fourth-order valence-electron chi connectivity index (χ4n) is 2.32. The number of carbonyl (C=O) groups is 1. The topological polar surface area (TPSA) is 51.7 Å². The summed E-state index contributed by atoms with van der Waals surface area (Å²) in [7, 11) is 0. The van der Waals surface area contributed by atoms with Crippen molar-refractivity contribution < 1.29 is 31.8 Å². The lowest BCUT2D eigenvalue weighted by Gasteiger charge is -2.38. The van der Waals surface area contributed by atoms with Crippen molar-refractivity contribution in [2.75, 3.05) is 19.7 Å². The van der Waals surface area contributed by atoms with Gasteiger partial charge in [-0.15, -0.1) is 0 Å². The largest absolute Gasteiger partial charge is 0.481 e. The average Bonchev–Trinajstić information content (AvgIpc) is 2.56. The van der Waals surface area contributed by atoms with Crippen LogP contribution in [0.25, 0.3) is 0 Å². The van der Waals surface area contributed by atoms with E-state index in [9.17, 15) is 22.4 Å². The molecule has 1 saturated heterocycles. The number of para-hydroxylation sites is 1. The first kappa shape index (κ1) is 18.0. The highest BCUT2D eigenvalue weighted by atomic mass is 19.4. The molecular formula is C17H14F4N2O3. The zero-order valence-corrected chi connectivity index (χ0v) is 13.4. The number of benzene rings is 1. The maximum absolute atomic E-state index is 13.4. The number of halogens is 4. The molecule has 1 aromatic heterocycles. The van der Waals surface area contributed by atoms with Crippen LogP contribution in [0, 0.1) is 5.82 Å². The summed E-state index contributed by atoms with van der Waals surface area (Å²) in [4.78, 5) is 16.8. The van der Waals surface area contributed by atoms with Gasteiger partial charge in [-0.05, 0) is 18.2 Å². The van der Waals surface area contributed by atoms with Crippen LogP contribution in [-0.2, 0) is 11.0 Å².